The first kappa shape index (κ1) is 24.9. The minimum absolute atomic E-state index is 0.00533. The number of nitrogens with zero attached hydrogens (tertiary/aromatic N) is 4. The number of hydrogen-bond acceptors (Lipinski definition) is 6. The van der Waals surface area contributed by atoms with E-state index in [9.17, 15) is 9.59 Å². The third-order valence-corrected chi connectivity index (χ3v) is 6.85. The second-order valence-corrected chi connectivity index (χ2v) is 9.42. The van der Waals surface area contributed by atoms with Crippen LogP contribution in [-0.2, 0) is 11.3 Å². The lowest BCUT2D eigenvalue weighted by molar-refractivity contribution is -0.136. The van der Waals surface area contributed by atoms with Gasteiger partial charge in [-0.05, 0) is 42.3 Å². The molecule has 0 saturated carbocycles. The number of piperazine rings is 1. The van der Waals surface area contributed by atoms with Gasteiger partial charge in [0.1, 0.15) is 17.7 Å². The van der Waals surface area contributed by atoms with Crippen LogP contribution in [0.1, 0.15) is 36.5 Å². The molecule has 1 aliphatic rings. The lowest BCUT2D eigenvalue weighted by Gasteiger charge is -2.37. The summed E-state index contributed by atoms with van der Waals surface area (Å²) in [4.78, 5) is 39.4. The van der Waals surface area contributed by atoms with E-state index in [0.29, 0.717) is 55.0 Å². The van der Waals surface area contributed by atoms with Crippen molar-refractivity contribution in [1.82, 2.24) is 25.1 Å². The standard InChI is InChI=1S/C26H31ClN6O2/c1-3-17(2)23(31-25(34)18-8-10-19(27)11-9-18)26(35)33-14-12-32(13-15-33)16-22-29-21-7-5-4-6-20(21)24(28)30-22/h4-11,17,23H,3,12-16H2,1-2H3,(H,31,34)(H2,28,29,30)/t17-,23+/m1/s1. The molecule has 0 radical (unpaired) electrons. The fourth-order valence-electron chi connectivity index (χ4n) is 4.25. The molecule has 8 nitrogen and oxygen atoms in total. The van der Waals surface area contributed by atoms with Gasteiger partial charge >= 0.3 is 0 Å². The second kappa shape index (κ2) is 11.0. The van der Waals surface area contributed by atoms with Gasteiger partial charge < -0.3 is 16.0 Å². The molecule has 0 spiro atoms. The summed E-state index contributed by atoms with van der Waals surface area (Å²) in [5.41, 5.74) is 7.44. The Morgan fingerprint density at radius 1 is 1.06 bits per heavy atom. The van der Waals surface area contributed by atoms with E-state index >= 15 is 0 Å². The highest BCUT2D eigenvalue weighted by atomic mass is 35.5. The maximum atomic E-state index is 13.4. The van der Waals surface area contributed by atoms with E-state index in [1.54, 1.807) is 24.3 Å². The number of amides is 2. The summed E-state index contributed by atoms with van der Waals surface area (Å²) in [6.07, 6.45) is 0.776. The topological polar surface area (TPSA) is 104 Å². The van der Waals surface area contributed by atoms with Gasteiger partial charge in [-0.15, -0.1) is 0 Å². The van der Waals surface area contributed by atoms with Crippen molar-refractivity contribution in [2.45, 2.75) is 32.9 Å². The van der Waals surface area contributed by atoms with Crippen LogP contribution in [0.5, 0.6) is 0 Å². The number of anilines is 1. The minimum atomic E-state index is -0.585. The predicted molar refractivity (Wildman–Crippen MR) is 138 cm³/mol. The number of nitrogens with two attached hydrogens (primary N) is 1. The summed E-state index contributed by atoms with van der Waals surface area (Å²) in [5.74, 6) is 0.837. The Kier molecular flexibility index (Phi) is 7.83. The second-order valence-electron chi connectivity index (χ2n) is 8.99. The first-order chi connectivity index (χ1) is 16.9. The van der Waals surface area contributed by atoms with Gasteiger partial charge in [-0.2, -0.15) is 0 Å². The molecule has 3 aromatic rings. The third kappa shape index (κ3) is 5.89. The normalized spacial score (nSPS) is 16.1. The van der Waals surface area contributed by atoms with Crippen molar-refractivity contribution in [3.05, 3.63) is 64.9 Å². The average molecular weight is 495 g/mol. The molecule has 2 amide bonds. The predicted octanol–water partition coefficient (Wildman–Crippen LogP) is 3.35. The highest BCUT2D eigenvalue weighted by Crippen LogP contribution is 2.19. The Balaban J connectivity index is 1.38. The van der Waals surface area contributed by atoms with E-state index in [-0.39, 0.29) is 17.7 Å². The Hall–Kier alpha value is -3.23. The molecular weight excluding hydrogens is 464 g/mol. The van der Waals surface area contributed by atoms with Gasteiger partial charge in [-0.25, -0.2) is 9.97 Å². The number of nitrogen functional groups attached to an aromatic ring is 1. The molecule has 1 fully saturated rings. The summed E-state index contributed by atoms with van der Waals surface area (Å²) >= 11 is 5.93. The van der Waals surface area contributed by atoms with Crippen molar-refractivity contribution in [3.63, 3.8) is 0 Å². The molecule has 2 aromatic carbocycles. The van der Waals surface area contributed by atoms with Crippen LogP contribution in [0, 0.1) is 5.92 Å². The van der Waals surface area contributed by atoms with Gasteiger partial charge in [0.05, 0.1) is 12.1 Å². The number of carbonyl (C=O) groups excluding carboxylic acids is 2. The SMILES string of the molecule is CC[C@@H](C)[C@H](NC(=O)c1ccc(Cl)cc1)C(=O)N1CCN(Cc2nc(N)c3ccccc3n2)CC1. The Bertz CT molecular complexity index is 1190. The number of rotatable bonds is 7. The molecule has 0 aliphatic carbocycles. The average Bonchev–Trinajstić information content (AvgIpc) is 2.87. The summed E-state index contributed by atoms with van der Waals surface area (Å²) in [7, 11) is 0. The van der Waals surface area contributed by atoms with Crippen LogP contribution >= 0.6 is 11.6 Å². The molecular formula is C26H31ClN6O2. The smallest absolute Gasteiger partial charge is 0.251 e. The summed E-state index contributed by atoms with van der Waals surface area (Å²) in [6.45, 7) is 7.12. The first-order valence-corrected chi connectivity index (χ1v) is 12.3. The minimum Gasteiger partial charge on any atom is -0.383 e. The van der Waals surface area contributed by atoms with Crippen molar-refractivity contribution < 1.29 is 9.59 Å². The molecule has 1 aliphatic heterocycles. The maximum absolute atomic E-state index is 13.4. The molecule has 2 heterocycles. The van der Waals surface area contributed by atoms with Crippen LogP contribution in [0.3, 0.4) is 0 Å². The van der Waals surface area contributed by atoms with Gasteiger partial charge in [0.25, 0.3) is 5.91 Å². The van der Waals surface area contributed by atoms with Crippen LogP contribution in [0.15, 0.2) is 48.5 Å². The number of fused-ring (bicyclic) bond motifs is 1. The number of para-hydroxylation sites is 1. The molecule has 35 heavy (non-hydrogen) atoms. The fourth-order valence-corrected chi connectivity index (χ4v) is 4.38. The lowest BCUT2D eigenvalue weighted by Crippen LogP contribution is -2.56. The van der Waals surface area contributed by atoms with Crippen molar-refractivity contribution in [2.75, 3.05) is 31.9 Å². The maximum Gasteiger partial charge on any atom is 0.251 e. The van der Waals surface area contributed by atoms with Crippen LogP contribution in [-0.4, -0.2) is 63.8 Å². The molecule has 1 aromatic heterocycles. The summed E-state index contributed by atoms with van der Waals surface area (Å²) in [6, 6.07) is 13.8. The fraction of sp³-hybridized carbons (Fsp3) is 0.385. The van der Waals surface area contributed by atoms with Crippen molar-refractivity contribution in [1.29, 1.82) is 0 Å². The van der Waals surface area contributed by atoms with E-state index in [4.69, 9.17) is 17.3 Å². The van der Waals surface area contributed by atoms with Crippen molar-refractivity contribution in [2.24, 2.45) is 5.92 Å². The van der Waals surface area contributed by atoms with Crippen LogP contribution < -0.4 is 11.1 Å². The van der Waals surface area contributed by atoms with Crippen LogP contribution in [0.4, 0.5) is 5.82 Å². The Morgan fingerprint density at radius 2 is 1.74 bits per heavy atom. The zero-order valence-electron chi connectivity index (χ0n) is 20.1. The van der Waals surface area contributed by atoms with Crippen molar-refractivity contribution >= 4 is 40.1 Å². The largest absolute Gasteiger partial charge is 0.383 e. The molecule has 0 bridgehead atoms. The highest BCUT2D eigenvalue weighted by Gasteiger charge is 2.32. The van der Waals surface area contributed by atoms with E-state index in [1.807, 2.05) is 43.0 Å². The summed E-state index contributed by atoms with van der Waals surface area (Å²) < 4.78 is 0. The molecule has 0 unspecified atom stereocenters. The number of nitrogens with one attached hydrogen (secondary N) is 1. The van der Waals surface area contributed by atoms with E-state index < -0.39 is 6.04 Å². The highest BCUT2D eigenvalue weighted by molar-refractivity contribution is 6.30. The van der Waals surface area contributed by atoms with Gasteiger partial charge in [0, 0.05) is 42.2 Å². The Labute approximate surface area is 210 Å². The summed E-state index contributed by atoms with van der Waals surface area (Å²) in [5, 5.41) is 4.37. The first-order valence-electron chi connectivity index (χ1n) is 11.9. The molecule has 9 heteroatoms. The van der Waals surface area contributed by atoms with Gasteiger partial charge in [-0.3, -0.25) is 14.5 Å². The van der Waals surface area contributed by atoms with E-state index in [0.717, 1.165) is 17.3 Å². The Morgan fingerprint density at radius 3 is 2.43 bits per heavy atom. The zero-order valence-corrected chi connectivity index (χ0v) is 20.8. The third-order valence-electron chi connectivity index (χ3n) is 6.60. The van der Waals surface area contributed by atoms with Crippen molar-refractivity contribution in [3.8, 4) is 0 Å². The number of aromatic nitrogens is 2. The monoisotopic (exact) mass is 494 g/mol. The van der Waals surface area contributed by atoms with Crippen LogP contribution in [0.25, 0.3) is 10.9 Å². The molecule has 3 N–H and O–H groups in total. The number of benzene rings is 2. The van der Waals surface area contributed by atoms with Gasteiger partial charge in [0.2, 0.25) is 5.91 Å². The number of halogens is 1. The van der Waals surface area contributed by atoms with E-state index in [2.05, 4.69) is 20.2 Å². The van der Waals surface area contributed by atoms with Gasteiger partial charge in [0.15, 0.2) is 0 Å². The van der Waals surface area contributed by atoms with E-state index in [1.165, 1.54) is 0 Å². The zero-order chi connectivity index (χ0) is 24.9. The quantitative estimate of drug-likeness (QED) is 0.522. The van der Waals surface area contributed by atoms with Crippen LogP contribution in [0.2, 0.25) is 5.02 Å². The lowest BCUT2D eigenvalue weighted by atomic mass is 9.97. The molecule has 1 saturated heterocycles. The molecule has 4 rings (SSSR count). The molecule has 184 valence electrons. The number of hydrogen-bond donors (Lipinski definition) is 2. The number of carbonyl (C=O) groups is 2. The van der Waals surface area contributed by atoms with Gasteiger partial charge in [-0.1, -0.05) is 44.0 Å². The molecule has 2 atom stereocenters.